The van der Waals surface area contributed by atoms with Gasteiger partial charge in [-0.1, -0.05) is 45.0 Å². The summed E-state index contributed by atoms with van der Waals surface area (Å²) in [6, 6.07) is 11.4. The van der Waals surface area contributed by atoms with E-state index in [2.05, 4.69) is 5.10 Å². The third kappa shape index (κ3) is 2.99. The molecular weight excluding hydrogens is 424 g/mol. The van der Waals surface area contributed by atoms with Crippen LogP contribution in [0.5, 0.6) is 0 Å². The summed E-state index contributed by atoms with van der Waals surface area (Å²) < 4.78 is 0. The number of ketones is 1. The molecule has 2 saturated heterocycles. The largest absolute Gasteiger partial charge is 0.297 e. The quantitative estimate of drug-likeness (QED) is 0.407. The molecule has 0 radical (unpaired) electrons. The van der Waals surface area contributed by atoms with Gasteiger partial charge in [0.25, 0.3) is 5.69 Å². The summed E-state index contributed by atoms with van der Waals surface area (Å²) >= 11 is 0. The molecule has 0 spiro atoms. The summed E-state index contributed by atoms with van der Waals surface area (Å²) in [5, 5.41) is 17.2. The number of amides is 2. The topological polar surface area (TPSA) is 113 Å². The van der Waals surface area contributed by atoms with Gasteiger partial charge in [-0.3, -0.25) is 29.5 Å². The zero-order chi connectivity index (χ0) is 23.7. The van der Waals surface area contributed by atoms with E-state index in [-0.39, 0.29) is 17.2 Å². The zero-order valence-electron chi connectivity index (χ0n) is 18.3. The fraction of sp³-hybridized carbons (Fsp3) is 0.333. The van der Waals surface area contributed by atoms with Crippen molar-refractivity contribution in [1.29, 1.82) is 0 Å². The van der Waals surface area contributed by atoms with Crippen molar-refractivity contribution < 1.29 is 19.3 Å². The van der Waals surface area contributed by atoms with Gasteiger partial charge in [-0.25, -0.2) is 4.90 Å². The first-order valence-corrected chi connectivity index (χ1v) is 10.7. The number of hydrogen-bond acceptors (Lipinski definition) is 7. The second-order valence-electron chi connectivity index (χ2n) is 9.59. The minimum Gasteiger partial charge on any atom is -0.297 e. The number of rotatable bonds is 3. The van der Waals surface area contributed by atoms with E-state index in [1.165, 1.54) is 24.3 Å². The predicted molar refractivity (Wildman–Crippen MR) is 119 cm³/mol. The van der Waals surface area contributed by atoms with Crippen molar-refractivity contribution in [1.82, 2.24) is 5.01 Å². The molecule has 33 heavy (non-hydrogen) atoms. The number of nitro benzene ring substituents is 1. The first-order chi connectivity index (χ1) is 15.6. The molecule has 2 amide bonds. The number of benzene rings is 2. The summed E-state index contributed by atoms with van der Waals surface area (Å²) in [7, 11) is 0. The number of carbonyl (C=O) groups excluding carboxylic acids is 3. The molecule has 9 heteroatoms. The van der Waals surface area contributed by atoms with Crippen LogP contribution in [0.15, 0.2) is 53.6 Å². The van der Waals surface area contributed by atoms with Gasteiger partial charge in [0.05, 0.1) is 34.7 Å². The molecule has 4 atom stereocenters. The molecule has 2 aromatic rings. The number of nitrogens with zero attached hydrogens (tertiary/aromatic N) is 4. The van der Waals surface area contributed by atoms with Crippen LogP contribution < -0.4 is 4.90 Å². The molecule has 0 aliphatic carbocycles. The summed E-state index contributed by atoms with van der Waals surface area (Å²) in [6.07, 6.45) is 1.67. The van der Waals surface area contributed by atoms with Crippen LogP contribution in [-0.4, -0.2) is 39.8 Å². The van der Waals surface area contributed by atoms with Crippen LogP contribution in [0.1, 0.15) is 37.9 Å². The maximum Gasteiger partial charge on any atom is 0.269 e. The van der Waals surface area contributed by atoms with E-state index >= 15 is 0 Å². The van der Waals surface area contributed by atoms with Gasteiger partial charge in [-0.15, -0.1) is 0 Å². The van der Waals surface area contributed by atoms with Gasteiger partial charge in [0.1, 0.15) is 6.04 Å². The molecule has 3 aliphatic rings. The Bertz CT molecular complexity index is 1230. The fourth-order valence-corrected chi connectivity index (χ4v) is 5.09. The highest BCUT2D eigenvalue weighted by Crippen LogP contribution is 2.53. The molecule has 5 rings (SSSR count). The molecule has 3 aliphatic heterocycles. The van der Waals surface area contributed by atoms with E-state index in [9.17, 15) is 24.5 Å². The molecule has 0 aromatic heterocycles. The normalized spacial score (nSPS) is 25.7. The standard InChI is InChI=1S/C24H22N4O5/c1-24(2,3)21(29)20-18-17(19-16-7-5-4-6-13(16)12-25-27(19)20)22(30)26(23(18)31)14-8-10-15(11-9-14)28(32)33/h4-12,17-20H,1-3H3/t17-,18+,19-,20-/m1/s1. The van der Waals surface area contributed by atoms with Gasteiger partial charge in [-0.2, -0.15) is 5.10 Å². The summed E-state index contributed by atoms with van der Waals surface area (Å²) in [4.78, 5) is 52.4. The highest BCUT2D eigenvalue weighted by molar-refractivity contribution is 6.24. The minimum atomic E-state index is -0.896. The van der Waals surface area contributed by atoms with Crippen LogP contribution in [-0.2, 0) is 14.4 Å². The van der Waals surface area contributed by atoms with Gasteiger partial charge >= 0.3 is 0 Å². The maximum atomic E-state index is 13.7. The molecule has 2 fully saturated rings. The molecule has 0 N–H and O–H groups in total. The van der Waals surface area contributed by atoms with Crippen LogP contribution in [0.25, 0.3) is 0 Å². The molecule has 168 valence electrons. The van der Waals surface area contributed by atoms with Crippen molar-refractivity contribution in [2.45, 2.75) is 32.9 Å². The third-order valence-corrected chi connectivity index (χ3v) is 6.62. The predicted octanol–water partition coefficient (Wildman–Crippen LogP) is 3.09. The van der Waals surface area contributed by atoms with Crippen LogP contribution >= 0.6 is 0 Å². The Kier molecular flexibility index (Phi) is 4.49. The van der Waals surface area contributed by atoms with Crippen LogP contribution in [0.4, 0.5) is 11.4 Å². The van der Waals surface area contributed by atoms with Gasteiger partial charge in [0.15, 0.2) is 5.78 Å². The highest BCUT2D eigenvalue weighted by atomic mass is 16.6. The summed E-state index contributed by atoms with van der Waals surface area (Å²) in [5.74, 6) is -2.76. The molecule has 0 unspecified atom stereocenters. The Morgan fingerprint density at radius 1 is 1.00 bits per heavy atom. The van der Waals surface area contributed by atoms with Gasteiger partial charge in [0.2, 0.25) is 11.8 Å². The Hall–Kier alpha value is -3.88. The average molecular weight is 446 g/mol. The van der Waals surface area contributed by atoms with Crippen molar-refractivity contribution in [3.63, 3.8) is 0 Å². The Morgan fingerprint density at radius 3 is 2.27 bits per heavy atom. The average Bonchev–Trinajstić information content (AvgIpc) is 3.25. The first kappa shape index (κ1) is 21.0. The summed E-state index contributed by atoms with van der Waals surface area (Å²) in [6.45, 7) is 5.36. The third-order valence-electron chi connectivity index (χ3n) is 6.62. The monoisotopic (exact) mass is 446 g/mol. The zero-order valence-corrected chi connectivity index (χ0v) is 18.3. The number of hydrazone groups is 1. The van der Waals surface area contributed by atoms with Crippen LogP contribution in [0.3, 0.4) is 0 Å². The molecule has 0 saturated carbocycles. The van der Waals surface area contributed by atoms with Gasteiger partial charge in [0, 0.05) is 17.5 Å². The number of imide groups is 1. The van der Waals surface area contributed by atoms with Crippen molar-refractivity contribution >= 4 is 35.2 Å². The van der Waals surface area contributed by atoms with E-state index in [0.717, 1.165) is 16.0 Å². The number of non-ortho nitro benzene ring substituents is 1. The molecular formula is C24H22N4O5. The molecule has 3 heterocycles. The van der Waals surface area contributed by atoms with E-state index in [4.69, 9.17) is 0 Å². The molecule has 9 nitrogen and oxygen atoms in total. The summed E-state index contributed by atoms with van der Waals surface area (Å²) in [5.41, 5.74) is 1.06. The maximum absolute atomic E-state index is 13.7. The fourth-order valence-electron chi connectivity index (χ4n) is 5.09. The van der Waals surface area contributed by atoms with Gasteiger partial charge in [-0.05, 0) is 23.3 Å². The van der Waals surface area contributed by atoms with Gasteiger partial charge < -0.3 is 0 Å². The lowest BCUT2D eigenvalue weighted by atomic mass is 9.79. The number of Topliss-reactive ketones (excluding diaryl/α,β-unsaturated/α-hetero) is 1. The Labute approximate surface area is 189 Å². The van der Waals surface area contributed by atoms with E-state index in [1.54, 1.807) is 32.0 Å². The van der Waals surface area contributed by atoms with Crippen LogP contribution in [0, 0.1) is 27.4 Å². The van der Waals surface area contributed by atoms with E-state index in [1.807, 2.05) is 24.3 Å². The first-order valence-electron chi connectivity index (χ1n) is 10.7. The SMILES string of the molecule is CC(C)(C)C(=O)[C@H]1[C@H]2C(=O)N(c3ccc([N+](=O)[O-])cc3)C(=O)[C@H]2[C@H]2c3ccccc3C=NN21. The number of fused-ring (bicyclic) bond motifs is 5. The minimum absolute atomic E-state index is 0.138. The number of anilines is 1. The number of nitro groups is 1. The molecule has 0 bridgehead atoms. The van der Waals surface area contributed by atoms with Crippen molar-refractivity contribution in [3.05, 3.63) is 69.8 Å². The lowest BCUT2D eigenvalue weighted by Crippen LogP contribution is -2.48. The Morgan fingerprint density at radius 2 is 1.64 bits per heavy atom. The Balaban J connectivity index is 1.63. The van der Waals surface area contributed by atoms with E-state index in [0.29, 0.717) is 0 Å². The highest BCUT2D eigenvalue weighted by Gasteiger charge is 2.66. The van der Waals surface area contributed by atoms with Crippen LogP contribution in [0.2, 0.25) is 0 Å². The number of carbonyl (C=O) groups is 3. The van der Waals surface area contributed by atoms with Crippen molar-refractivity contribution in [2.24, 2.45) is 22.4 Å². The lowest BCUT2D eigenvalue weighted by Gasteiger charge is -2.35. The van der Waals surface area contributed by atoms with Crippen molar-refractivity contribution in [3.8, 4) is 0 Å². The number of hydrogen-bond donors (Lipinski definition) is 0. The van der Waals surface area contributed by atoms with Crippen molar-refractivity contribution in [2.75, 3.05) is 4.90 Å². The van der Waals surface area contributed by atoms with E-state index < -0.39 is 46.1 Å². The smallest absolute Gasteiger partial charge is 0.269 e. The second kappa shape index (κ2) is 7.06. The lowest BCUT2D eigenvalue weighted by molar-refractivity contribution is -0.384. The second-order valence-corrected chi connectivity index (χ2v) is 9.59. The molecule has 2 aromatic carbocycles.